The van der Waals surface area contributed by atoms with Crippen molar-refractivity contribution in [2.75, 3.05) is 31.0 Å². The maximum atomic E-state index is 13.2. The summed E-state index contributed by atoms with van der Waals surface area (Å²) in [6.07, 6.45) is 0. The number of rotatable bonds is 8. The highest BCUT2D eigenvalue weighted by Gasteiger charge is 2.28. The summed E-state index contributed by atoms with van der Waals surface area (Å²) >= 11 is 0. The van der Waals surface area contributed by atoms with E-state index < -0.39 is 10.0 Å². The van der Waals surface area contributed by atoms with Crippen LogP contribution >= 0.6 is 0 Å². The summed E-state index contributed by atoms with van der Waals surface area (Å²) < 4.78 is 32.7. The van der Waals surface area contributed by atoms with Gasteiger partial charge in [0.05, 0.1) is 17.7 Å². The third-order valence-corrected chi connectivity index (χ3v) is 5.86. The van der Waals surface area contributed by atoms with Crippen LogP contribution in [0.5, 0.6) is 5.75 Å². The molecule has 0 N–H and O–H groups in total. The van der Waals surface area contributed by atoms with Gasteiger partial charge in [-0.2, -0.15) is 0 Å². The van der Waals surface area contributed by atoms with Crippen molar-refractivity contribution in [1.29, 1.82) is 0 Å². The van der Waals surface area contributed by atoms with Crippen LogP contribution in [0.1, 0.15) is 13.8 Å². The molecule has 0 heterocycles. The number of amides is 1. The third kappa shape index (κ3) is 4.35. The lowest BCUT2D eigenvalue weighted by Gasteiger charge is -2.27. The highest BCUT2D eigenvalue weighted by atomic mass is 32.2. The number of likely N-dealkylation sites (N-methyl/N-ethyl adjacent to an activating group) is 1. The zero-order valence-electron chi connectivity index (χ0n) is 15.3. The molecule has 0 saturated heterocycles. The molecule has 140 valence electrons. The number of sulfonamides is 1. The van der Waals surface area contributed by atoms with Crippen LogP contribution < -0.4 is 9.04 Å². The molecule has 0 aliphatic rings. The minimum absolute atomic E-state index is 0.134. The number of hydrogen-bond donors (Lipinski definition) is 0. The molecule has 0 radical (unpaired) electrons. The van der Waals surface area contributed by atoms with Gasteiger partial charge in [-0.15, -0.1) is 0 Å². The van der Waals surface area contributed by atoms with Crippen molar-refractivity contribution in [3.8, 4) is 5.75 Å². The van der Waals surface area contributed by atoms with Gasteiger partial charge in [0.1, 0.15) is 12.3 Å². The van der Waals surface area contributed by atoms with Crippen LogP contribution in [0.3, 0.4) is 0 Å². The fourth-order valence-corrected chi connectivity index (χ4v) is 4.03. The summed E-state index contributed by atoms with van der Waals surface area (Å²) in [5.74, 6) is 0.267. The maximum absolute atomic E-state index is 13.2. The first kappa shape index (κ1) is 19.8. The van der Waals surface area contributed by atoms with Gasteiger partial charge < -0.3 is 9.64 Å². The van der Waals surface area contributed by atoms with E-state index in [9.17, 15) is 13.2 Å². The van der Waals surface area contributed by atoms with Gasteiger partial charge in [-0.05, 0) is 38.1 Å². The molecule has 2 aromatic rings. The average molecular weight is 376 g/mol. The molecule has 0 aromatic heterocycles. The molecule has 0 fully saturated rings. The Kier molecular flexibility index (Phi) is 6.63. The highest BCUT2D eigenvalue weighted by molar-refractivity contribution is 7.92. The van der Waals surface area contributed by atoms with E-state index >= 15 is 0 Å². The van der Waals surface area contributed by atoms with Crippen molar-refractivity contribution in [2.45, 2.75) is 18.7 Å². The Morgan fingerprint density at radius 3 is 2.23 bits per heavy atom. The van der Waals surface area contributed by atoms with Gasteiger partial charge >= 0.3 is 0 Å². The second kappa shape index (κ2) is 8.71. The number of methoxy groups -OCH3 is 1. The molecule has 0 spiro atoms. The van der Waals surface area contributed by atoms with Crippen LogP contribution in [0.4, 0.5) is 5.69 Å². The van der Waals surface area contributed by atoms with E-state index in [0.29, 0.717) is 24.5 Å². The number of carbonyl (C=O) groups excluding carboxylic acids is 1. The normalized spacial score (nSPS) is 11.0. The molecule has 1 amide bonds. The van der Waals surface area contributed by atoms with Crippen molar-refractivity contribution in [3.63, 3.8) is 0 Å². The molecular formula is C19H24N2O4S. The SMILES string of the molecule is CCN(CC)C(=O)CN(c1cccc(OC)c1)S(=O)(=O)c1ccccc1. The molecule has 0 atom stereocenters. The molecule has 26 heavy (non-hydrogen) atoms. The predicted octanol–water partition coefficient (Wildman–Crippen LogP) is 2.76. The highest BCUT2D eigenvalue weighted by Crippen LogP contribution is 2.27. The van der Waals surface area contributed by atoms with Crippen molar-refractivity contribution < 1.29 is 17.9 Å². The van der Waals surface area contributed by atoms with Crippen LogP contribution in [0.25, 0.3) is 0 Å². The first-order valence-corrected chi connectivity index (χ1v) is 9.87. The van der Waals surface area contributed by atoms with E-state index in [1.807, 2.05) is 13.8 Å². The minimum atomic E-state index is -3.89. The van der Waals surface area contributed by atoms with Crippen LogP contribution in [0.15, 0.2) is 59.5 Å². The second-order valence-electron chi connectivity index (χ2n) is 5.59. The summed E-state index contributed by atoms with van der Waals surface area (Å²) in [4.78, 5) is 14.3. The van der Waals surface area contributed by atoms with Gasteiger partial charge in [0, 0.05) is 19.2 Å². The Balaban J connectivity index is 2.49. The summed E-state index contributed by atoms with van der Waals surface area (Å²) in [5.41, 5.74) is 0.383. The van der Waals surface area contributed by atoms with Gasteiger partial charge in [-0.25, -0.2) is 8.42 Å². The van der Waals surface area contributed by atoms with Crippen LogP contribution in [0, 0.1) is 0 Å². The van der Waals surface area contributed by atoms with Crippen LogP contribution in [-0.2, 0) is 14.8 Å². The topological polar surface area (TPSA) is 66.9 Å². The summed E-state index contributed by atoms with van der Waals surface area (Å²) in [5, 5.41) is 0. The van der Waals surface area contributed by atoms with Gasteiger partial charge in [-0.1, -0.05) is 24.3 Å². The smallest absolute Gasteiger partial charge is 0.264 e. The van der Waals surface area contributed by atoms with Gasteiger partial charge in [0.15, 0.2) is 0 Å². The Labute approximate surface area is 155 Å². The molecule has 0 aliphatic heterocycles. The molecule has 2 rings (SSSR count). The molecule has 7 heteroatoms. The van der Waals surface area contributed by atoms with E-state index in [0.717, 1.165) is 4.31 Å². The van der Waals surface area contributed by atoms with Gasteiger partial charge in [-0.3, -0.25) is 9.10 Å². The monoisotopic (exact) mass is 376 g/mol. The summed E-state index contributed by atoms with van der Waals surface area (Å²) in [7, 11) is -2.38. The number of anilines is 1. The number of hydrogen-bond acceptors (Lipinski definition) is 4. The molecule has 0 saturated carbocycles. The largest absolute Gasteiger partial charge is 0.497 e. The molecule has 0 bridgehead atoms. The van der Waals surface area contributed by atoms with E-state index in [1.165, 1.54) is 19.2 Å². The van der Waals surface area contributed by atoms with Crippen molar-refractivity contribution >= 4 is 21.6 Å². The van der Waals surface area contributed by atoms with Crippen molar-refractivity contribution in [2.24, 2.45) is 0 Å². The molecule has 0 unspecified atom stereocenters. The Bertz CT molecular complexity index is 834. The molecule has 6 nitrogen and oxygen atoms in total. The molecule has 0 aliphatic carbocycles. The van der Waals surface area contributed by atoms with Gasteiger partial charge in [0.25, 0.3) is 10.0 Å². The van der Waals surface area contributed by atoms with Crippen molar-refractivity contribution in [1.82, 2.24) is 4.90 Å². The summed E-state index contributed by atoms with van der Waals surface area (Å²) in [6, 6.07) is 14.8. The van der Waals surface area contributed by atoms with E-state index in [2.05, 4.69) is 0 Å². The number of ether oxygens (including phenoxy) is 1. The first-order chi connectivity index (χ1) is 12.4. The standard InChI is InChI=1S/C19H24N2O4S/c1-4-20(5-2)19(22)15-21(16-10-9-11-17(14-16)25-3)26(23,24)18-12-7-6-8-13-18/h6-14H,4-5,15H2,1-3H3. The fraction of sp³-hybridized carbons (Fsp3) is 0.316. The maximum Gasteiger partial charge on any atom is 0.264 e. The quantitative estimate of drug-likeness (QED) is 0.710. The third-order valence-electron chi connectivity index (χ3n) is 4.07. The Hall–Kier alpha value is -2.54. The van der Waals surface area contributed by atoms with E-state index in [1.54, 1.807) is 47.4 Å². The average Bonchev–Trinajstić information content (AvgIpc) is 2.67. The zero-order valence-corrected chi connectivity index (χ0v) is 16.1. The number of benzene rings is 2. The van der Waals surface area contributed by atoms with Gasteiger partial charge in [0.2, 0.25) is 5.91 Å². The molecular weight excluding hydrogens is 352 g/mol. The zero-order chi connectivity index (χ0) is 19.2. The fourth-order valence-electron chi connectivity index (χ4n) is 2.60. The van der Waals surface area contributed by atoms with E-state index in [-0.39, 0.29) is 17.3 Å². The molecule has 2 aromatic carbocycles. The lowest BCUT2D eigenvalue weighted by molar-refractivity contribution is -0.129. The van der Waals surface area contributed by atoms with Crippen molar-refractivity contribution in [3.05, 3.63) is 54.6 Å². The lowest BCUT2D eigenvalue weighted by Crippen LogP contribution is -2.43. The Morgan fingerprint density at radius 2 is 1.65 bits per heavy atom. The van der Waals surface area contributed by atoms with Crippen LogP contribution in [-0.4, -0.2) is 46.0 Å². The predicted molar refractivity (Wildman–Crippen MR) is 102 cm³/mol. The number of nitrogens with zero attached hydrogens (tertiary/aromatic N) is 2. The first-order valence-electron chi connectivity index (χ1n) is 8.43. The lowest BCUT2D eigenvalue weighted by atomic mass is 10.3. The second-order valence-corrected chi connectivity index (χ2v) is 7.45. The minimum Gasteiger partial charge on any atom is -0.497 e. The van der Waals surface area contributed by atoms with Crippen LogP contribution in [0.2, 0.25) is 0 Å². The summed E-state index contributed by atoms with van der Waals surface area (Å²) in [6.45, 7) is 4.50. The Morgan fingerprint density at radius 1 is 1.00 bits per heavy atom. The van der Waals surface area contributed by atoms with E-state index in [4.69, 9.17) is 4.74 Å². The number of carbonyl (C=O) groups is 1.